The van der Waals surface area contributed by atoms with Crippen molar-refractivity contribution in [3.63, 3.8) is 0 Å². The van der Waals surface area contributed by atoms with Gasteiger partial charge in [0, 0.05) is 38.4 Å². The smallest absolute Gasteiger partial charge is 0.262 e. The van der Waals surface area contributed by atoms with Crippen LogP contribution in [0.2, 0.25) is 0 Å². The lowest BCUT2D eigenvalue weighted by molar-refractivity contribution is -0.118. The maximum Gasteiger partial charge on any atom is 0.262 e. The van der Waals surface area contributed by atoms with Gasteiger partial charge < -0.3 is 24.3 Å². The van der Waals surface area contributed by atoms with E-state index in [1.54, 1.807) is 31.4 Å². The molecule has 0 radical (unpaired) electrons. The number of methoxy groups -OCH3 is 1. The summed E-state index contributed by atoms with van der Waals surface area (Å²) in [7, 11) is 3.78. The van der Waals surface area contributed by atoms with Gasteiger partial charge in [-0.15, -0.1) is 0 Å². The first kappa shape index (κ1) is 23.1. The second-order valence-corrected chi connectivity index (χ2v) is 8.47. The van der Waals surface area contributed by atoms with E-state index in [0.29, 0.717) is 5.75 Å². The molecule has 8 nitrogen and oxygen atoms in total. The van der Waals surface area contributed by atoms with E-state index < -0.39 is 0 Å². The molecule has 1 saturated heterocycles. The summed E-state index contributed by atoms with van der Waals surface area (Å²) in [4.78, 5) is 22.2. The van der Waals surface area contributed by atoms with Crippen molar-refractivity contribution in [3.05, 3.63) is 48.3 Å². The van der Waals surface area contributed by atoms with Crippen molar-refractivity contribution in [1.29, 1.82) is 0 Å². The Morgan fingerprint density at radius 3 is 2.48 bits per heavy atom. The van der Waals surface area contributed by atoms with Crippen LogP contribution in [0.1, 0.15) is 19.2 Å². The van der Waals surface area contributed by atoms with E-state index >= 15 is 0 Å². The molecule has 0 bridgehead atoms. The summed E-state index contributed by atoms with van der Waals surface area (Å²) in [6.45, 7) is 8.18. The Bertz CT molecular complexity index is 1070. The van der Waals surface area contributed by atoms with Crippen LogP contribution in [0.4, 0.5) is 5.69 Å². The van der Waals surface area contributed by atoms with Gasteiger partial charge in [-0.05, 0) is 55.9 Å². The van der Waals surface area contributed by atoms with Crippen LogP contribution in [0.15, 0.2) is 42.5 Å². The minimum atomic E-state index is -0.212. The molecule has 0 unspecified atom stereocenters. The molecule has 176 valence electrons. The summed E-state index contributed by atoms with van der Waals surface area (Å²) in [5, 5.41) is 2.92. The number of aromatic nitrogens is 2. The van der Waals surface area contributed by atoms with Crippen molar-refractivity contribution < 1.29 is 14.3 Å². The van der Waals surface area contributed by atoms with Gasteiger partial charge in [-0.2, -0.15) is 0 Å². The van der Waals surface area contributed by atoms with Crippen LogP contribution in [0, 0.1) is 0 Å². The Balaban J connectivity index is 1.42. The highest BCUT2D eigenvalue weighted by Gasteiger charge is 2.18. The van der Waals surface area contributed by atoms with E-state index in [1.807, 2.05) is 18.2 Å². The first-order valence-electron chi connectivity index (χ1n) is 11.5. The molecule has 1 aliphatic rings. The maximum absolute atomic E-state index is 12.4. The highest BCUT2D eigenvalue weighted by molar-refractivity contribution is 5.94. The molecule has 0 atom stereocenters. The number of hydrogen-bond donors (Lipinski definition) is 1. The van der Waals surface area contributed by atoms with Gasteiger partial charge in [-0.3, -0.25) is 9.69 Å². The summed E-state index contributed by atoms with van der Waals surface area (Å²) >= 11 is 0. The van der Waals surface area contributed by atoms with Gasteiger partial charge in [0.2, 0.25) is 0 Å². The Labute approximate surface area is 195 Å². The van der Waals surface area contributed by atoms with Gasteiger partial charge in [0.15, 0.2) is 6.61 Å². The molecule has 8 heteroatoms. The molecule has 1 fully saturated rings. The number of imidazole rings is 1. The number of fused-ring (bicyclic) bond motifs is 1. The molecule has 2 heterocycles. The van der Waals surface area contributed by atoms with Crippen LogP contribution in [0.3, 0.4) is 0 Å². The molecule has 33 heavy (non-hydrogen) atoms. The summed E-state index contributed by atoms with van der Waals surface area (Å²) in [5.41, 5.74) is 2.73. The Morgan fingerprint density at radius 1 is 1.06 bits per heavy atom. The minimum Gasteiger partial charge on any atom is -0.497 e. The fourth-order valence-electron chi connectivity index (χ4n) is 4.08. The third kappa shape index (κ3) is 5.83. The van der Waals surface area contributed by atoms with E-state index in [-0.39, 0.29) is 12.5 Å². The number of nitrogens with zero attached hydrogens (tertiary/aromatic N) is 4. The Morgan fingerprint density at radius 2 is 1.79 bits per heavy atom. The van der Waals surface area contributed by atoms with Crippen LogP contribution in [0.5, 0.6) is 11.5 Å². The summed E-state index contributed by atoms with van der Waals surface area (Å²) in [6.07, 6.45) is 1.04. The second kappa shape index (κ2) is 10.7. The number of carbonyl (C=O) groups excluding carboxylic acids is 1. The zero-order valence-corrected chi connectivity index (χ0v) is 19.7. The maximum atomic E-state index is 12.4. The van der Waals surface area contributed by atoms with Crippen LogP contribution in [-0.2, 0) is 17.9 Å². The molecule has 0 saturated carbocycles. The Hall–Kier alpha value is -3.10. The molecule has 2 aromatic carbocycles. The number of nitrogens with one attached hydrogen (secondary N) is 1. The Kier molecular flexibility index (Phi) is 7.47. The average molecular weight is 452 g/mol. The van der Waals surface area contributed by atoms with Crippen molar-refractivity contribution in [1.82, 2.24) is 19.4 Å². The molecular weight excluding hydrogens is 418 g/mol. The van der Waals surface area contributed by atoms with Gasteiger partial charge in [-0.25, -0.2) is 4.98 Å². The lowest BCUT2D eigenvalue weighted by Crippen LogP contribution is -2.44. The predicted molar refractivity (Wildman–Crippen MR) is 130 cm³/mol. The van der Waals surface area contributed by atoms with Gasteiger partial charge >= 0.3 is 0 Å². The summed E-state index contributed by atoms with van der Waals surface area (Å²) < 4.78 is 13.0. The summed E-state index contributed by atoms with van der Waals surface area (Å²) in [5.74, 6) is 2.24. The molecule has 1 aromatic heterocycles. The van der Waals surface area contributed by atoms with Gasteiger partial charge in [0.05, 0.1) is 24.7 Å². The third-order valence-corrected chi connectivity index (χ3v) is 5.95. The van der Waals surface area contributed by atoms with Crippen LogP contribution in [-0.4, -0.2) is 72.2 Å². The topological polar surface area (TPSA) is 71.9 Å². The zero-order chi connectivity index (χ0) is 23.2. The lowest BCUT2D eigenvalue weighted by Gasteiger charge is -2.32. The highest BCUT2D eigenvalue weighted by atomic mass is 16.5. The highest BCUT2D eigenvalue weighted by Crippen LogP contribution is 2.23. The number of aryl methyl sites for hydroxylation is 1. The quantitative estimate of drug-likeness (QED) is 0.539. The molecule has 1 N–H and O–H groups in total. The average Bonchev–Trinajstić information content (AvgIpc) is 3.16. The molecule has 1 aliphatic heterocycles. The molecule has 3 aromatic rings. The van der Waals surface area contributed by atoms with Crippen molar-refractivity contribution in [2.75, 3.05) is 52.3 Å². The first-order valence-corrected chi connectivity index (χ1v) is 11.5. The first-order chi connectivity index (χ1) is 16.1. The molecule has 0 aliphatic carbocycles. The molecule has 1 amide bonds. The van der Waals surface area contributed by atoms with E-state index in [0.717, 1.165) is 74.0 Å². The number of anilines is 1. The third-order valence-electron chi connectivity index (χ3n) is 5.95. The monoisotopic (exact) mass is 451 g/mol. The van der Waals surface area contributed by atoms with Crippen molar-refractivity contribution >= 4 is 22.6 Å². The standard InChI is InChI=1S/C25H33N5O3/c1-4-11-30-23-10-5-19(26-25(31)18-33-21-8-6-20(32-3)7-9-21)16-22(23)27-24(30)17-29-14-12-28(2)13-15-29/h5-10,16H,4,11-15,17-18H2,1-3H3,(H,26,31). The van der Waals surface area contributed by atoms with Gasteiger partial charge in [0.1, 0.15) is 17.3 Å². The normalized spacial score (nSPS) is 15.0. The molecule has 0 spiro atoms. The van der Waals surface area contributed by atoms with Crippen LogP contribution >= 0.6 is 0 Å². The molecular formula is C25H33N5O3. The number of ether oxygens (including phenoxy) is 2. The number of benzene rings is 2. The van der Waals surface area contributed by atoms with Crippen molar-refractivity contribution in [2.45, 2.75) is 26.4 Å². The number of carbonyl (C=O) groups is 1. The zero-order valence-electron chi connectivity index (χ0n) is 19.7. The fraction of sp³-hybridized carbons (Fsp3) is 0.440. The van der Waals surface area contributed by atoms with Gasteiger partial charge in [-0.1, -0.05) is 6.92 Å². The van der Waals surface area contributed by atoms with E-state index in [9.17, 15) is 4.79 Å². The van der Waals surface area contributed by atoms with Crippen molar-refractivity contribution in [3.8, 4) is 11.5 Å². The number of piperazine rings is 1. The SMILES string of the molecule is CCCn1c(CN2CCN(C)CC2)nc2cc(NC(=O)COc3ccc(OC)cc3)ccc21. The van der Waals surface area contributed by atoms with Crippen LogP contribution < -0.4 is 14.8 Å². The van der Waals surface area contributed by atoms with E-state index in [4.69, 9.17) is 14.5 Å². The molecule has 4 rings (SSSR count). The minimum absolute atomic E-state index is 0.0662. The van der Waals surface area contributed by atoms with Gasteiger partial charge in [0.25, 0.3) is 5.91 Å². The van der Waals surface area contributed by atoms with E-state index in [1.165, 1.54) is 0 Å². The number of hydrogen-bond acceptors (Lipinski definition) is 6. The number of rotatable bonds is 9. The van der Waals surface area contributed by atoms with Crippen molar-refractivity contribution in [2.24, 2.45) is 0 Å². The fourth-order valence-corrected chi connectivity index (χ4v) is 4.08. The van der Waals surface area contributed by atoms with E-state index in [2.05, 4.69) is 33.7 Å². The summed E-state index contributed by atoms with van der Waals surface area (Å²) in [6, 6.07) is 13.1. The second-order valence-electron chi connectivity index (χ2n) is 8.47. The lowest BCUT2D eigenvalue weighted by atomic mass is 10.2. The van der Waals surface area contributed by atoms with Crippen LogP contribution in [0.25, 0.3) is 11.0 Å². The number of likely N-dealkylation sites (N-methyl/N-ethyl adjacent to an activating group) is 1. The largest absolute Gasteiger partial charge is 0.497 e. The predicted octanol–water partition coefficient (Wildman–Crippen LogP) is 3.22. The number of amides is 1.